The molecule has 0 atom stereocenters. The summed E-state index contributed by atoms with van der Waals surface area (Å²) in [5.74, 6) is 0.128. The fourth-order valence-corrected chi connectivity index (χ4v) is 3.21. The highest BCUT2D eigenvalue weighted by Gasteiger charge is 2.21. The highest BCUT2D eigenvalue weighted by atomic mass is 19.1. The van der Waals surface area contributed by atoms with E-state index in [9.17, 15) is 9.18 Å². The minimum atomic E-state index is -0.359. The van der Waals surface area contributed by atoms with Crippen LogP contribution >= 0.6 is 0 Å². The van der Waals surface area contributed by atoms with E-state index in [0.29, 0.717) is 29.2 Å². The lowest BCUT2D eigenvalue weighted by atomic mass is 9.98. The van der Waals surface area contributed by atoms with E-state index in [1.54, 1.807) is 37.5 Å². The molecule has 1 aromatic heterocycles. The van der Waals surface area contributed by atoms with Crippen molar-refractivity contribution in [2.75, 3.05) is 19.7 Å². The number of benzene rings is 1. The zero-order valence-corrected chi connectivity index (χ0v) is 15.8. The second-order valence-electron chi connectivity index (χ2n) is 6.78. The van der Waals surface area contributed by atoms with Crippen molar-refractivity contribution in [3.63, 3.8) is 0 Å². The minimum absolute atomic E-state index is 0.115. The Kier molecular flexibility index (Phi) is 6.52. The molecule has 28 heavy (non-hydrogen) atoms. The van der Waals surface area contributed by atoms with Crippen molar-refractivity contribution in [3.8, 4) is 17.1 Å². The normalized spacial score (nSPS) is 15.1. The van der Waals surface area contributed by atoms with E-state index in [1.807, 2.05) is 4.90 Å². The third kappa shape index (κ3) is 4.82. The molecular formula is C20H24FN5O2. The van der Waals surface area contributed by atoms with E-state index in [2.05, 4.69) is 15.0 Å². The Hall–Kier alpha value is -3.03. The van der Waals surface area contributed by atoms with Crippen LogP contribution in [0.4, 0.5) is 4.39 Å². The van der Waals surface area contributed by atoms with Crippen LogP contribution in [0.3, 0.4) is 0 Å². The molecule has 2 N–H and O–H groups in total. The Labute approximate surface area is 163 Å². The molecular weight excluding hydrogens is 361 g/mol. The highest BCUT2D eigenvalue weighted by Crippen LogP contribution is 2.25. The summed E-state index contributed by atoms with van der Waals surface area (Å²) in [6.45, 7) is 3.79. The number of hydrogen-bond acceptors (Lipinski definition) is 5. The number of amides is 1. The quantitative estimate of drug-likeness (QED) is 0.609. The van der Waals surface area contributed by atoms with Gasteiger partial charge in [-0.15, -0.1) is 0 Å². The number of aromatic nitrogens is 2. The molecule has 1 aromatic carbocycles. The van der Waals surface area contributed by atoms with Gasteiger partial charge in [-0.05, 0) is 18.8 Å². The Bertz CT molecular complexity index is 833. The minimum Gasteiger partial charge on any atom is -0.463 e. The van der Waals surface area contributed by atoms with Crippen molar-refractivity contribution in [3.05, 3.63) is 42.0 Å². The number of piperidine rings is 1. The van der Waals surface area contributed by atoms with Gasteiger partial charge in [0.15, 0.2) is 0 Å². The van der Waals surface area contributed by atoms with Gasteiger partial charge in [0.05, 0.1) is 19.5 Å². The summed E-state index contributed by atoms with van der Waals surface area (Å²) in [4.78, 5) is 25.5. The molecule has 2 heterocycles. The van der Waals surface area contributed by atoms with Gasteiger partial charge in [-0.1, -0.05) is 18.2 Å². The van der Waals surface area contributed by atoms with Crippen molar-refractivity contribution in [1.82, 2.24) is 14.9 Å². The number of likely N-dealkylation sites (tertiary alicyclic amines) is 1. The van der Waals surface area contributed by atoms with Crippen molar-refractivity contribution >= 4 is 12.2 Å². The Morgan fingerprint density at radius 2 is 2.07 bits per heavy atom. The third-order valence-electron chi connectivity index (χ3n) is 4.89. The lowest BCUT2D eigenvalue weighted by Gasteiger charge is -2.30. The van der Waals surface area contributed by atoms with Gasteiger partial charge in [0.25, 0.3) is 0 Å². The molecule has 0 unspecified atom stereocenters. The van der Waals surface area contributed by atoms with E-state index in [1.165, 1.54) is 0 Å². The molecule has 2 aromatic rings. The van der Waals surface area contributed by atoms with E-state index in [0.717, 1.165) is 32.3 Å². The number of halogens is 1. The molecule has 1 amide bonds. The molecule has 0 saturated carbocycles. The summed E-state index contributed by atoms with van der Waals surface area (Å²) in [6.07, 6.45) is 6.07. The van der Waals surface area contributed by atoms with Crippen LogP contribution in [0.25, 0.3) is 11.1 Å². The molecule has 0 aliphatic carbocycles. The van der Waals surface area contributed by atoms with Gasteiger partial charge in [0.1, 0.15) is 5.82 Å². The fourth-order valence-electron chi connectivity index (χ4n) is 3.21. The second kappa shape index (κ2) is 9.25. The van der Waals surface area contributed by atoms with E-state index in [4.69, 9.17) is 10.5 Å². The molecule has 0 spiro atoms. The molecule has 148 valence electrons. The monoisotopic (exact) mass is 385 g/mol. The number of ether oxygens (including phenoxy) is 1. The van der Waals surface area contributed by atoms with Crippen molar-refractivity contribution < 1.29 is 13.9 Å². The van der Waals surface area contributed by atoms with Crippen molar-refractivity contribution in [2.24, 2.45) is 16.6 Å². The summed E-state index contributed by atoms with van der Waals surface area (Å²) in [6, 6.07) is 5.37. The topological polar surface area (TPSA) is 93.7 Å². The highest BCUT2D eigenvalue weighted by molar-refractivity contribution is 5.73. The average molecular weight is 385 g/mol. The van der Waals surface area contributed by atoms with E-state index < -0.39 is 0 Å². The molecule has 1 fully saturated rings. The largest absolute Gasteiger partial charge is 0.463 e. The SMILES string of the molecule is CC(=O)N1CCC(COc2ncc(-c3cccc(CN=CN)c3F)cn2)CC1. The maximum Gasteiger partial charge on any atom is 0.316 e. The molecule has 3 rings (SSSR count). The Balaban J connectivity index is 1.59. The van der Waals surface area contributed by atoms with Crippen LogP contribution in [0.15, 0.2) is 35.6 Å². The molecule has 1 aliphatic rings. The Morgan fingerprint density at radius 3 is 2.71 bits per heavy atom. The van der Waals surface area contributed by atoms with Crippen molar-refractivity contribution in [2.45, 2.75) is 26.3 Å². The number of rotatable bonds is 6. The zero-order valence-electron chi connectivity index (χ0n) is 15.8. The molecule has 7 nitrogen and oxygen atoms in total. The molecule has 1 aliphatic heterocycles. The first-order valence-electron chi connectivity index (χ1n) is 9.26. The van der Waals surface area contributed by atoms with Crippen LogP contribution in [0.2, 0.25) is 0 Å². The Morgan fingerprint density at radius 1 is 1.36 bits per heavy atom. The summed E-state index contributed by atoms with van der Waals surface area (Å²) < 4.78 is 20.3. The van der Waals surface area contributed by atoms with Gasteiger partial charge in [0, 0.05) is 49.1 Å². The summed E-state index contributed by atoms with van der Waals surface area (Å²) >= 11 is 0. The number of carbonyl (C=O) groups is 1. The second-order valence-corrected chi connectivity index (χ2v) is 6.78. The predicted molar refractivity (Wildman–Crippen MR) is 104 cm³/mol. The van der Waals surface area contributed by atoms with Gasteiger partial charge >= 0.3 is 6.01 Å². The van der Waals surface area contributed by atoms with Crippen LogP contribution in [0.5, 0.6) is 6.01 Å². The molecule has 0 radical (unpaired) electrons. The number of carbonyl (C=O) groups excluding carboxylic acids is 1. The summed E-state index contributed by atoms with van der Waals surface area (Å²) in [5, 5.41) is 0. The maximum absolute atomic E-state index is 14.6. The van der Waals surface area contributed by atoms with Gasteiger partial charge in [-0.3, -0.25) is 9.79 Å². The van der Waals surface area contributed by atoms with Crippen LogP contribution in [-0.2, 0) is 11.3 Å². The van der Waals surface area contributed by atoms with E-state index >= 15 is 0 Å². The lowest BCUT2D eigenvalue weighted by molar-refractivity contribution is -0.130. The molecule has 0 bridgehead atoms. The van der Waals surface area contributed by atoms with Crippen LogP contribution in [0.1, 0.15) is 25.3 Å². The third-order valence-corrected chi connectivity index (χ3v) is 4.89. The van der Waals surface area contributed by atoms with Gasteiger partial charge in [0.2, 0.25) is 5.91 Å². The first-order valence-corrected chi connectivity index (χ1v) is 9.26. The maximum atomic E-state index is 14.6. The van der Waals surface area contributed by atoms with E-state index in [-0.39, 0.29) is 24.3 Å². The number of hydrogen-bond donors (Lipinski definition) is 1. The predicted octanol–water partition coefficient (Wildman–Crippen LogP) is 2.41. The zero-order chi connectivity index (χ0) is 19.9. The number of aliphatic imine (C=N–C) groups is 1. The van der Waals surface area contributed by atoms with Crippen LogP contribution in [0, 0.1) is 11.7 Å². The standard InChI is InChI=1S/C20H24FN5O2/c1-14(27)26-7-5-15(6-8-26)12-28-20-24-10-17(11-25-20)18-4-2-3-16(19(18)21)9-23-13-22/h2-4,10-11,13,15H,5-9,12H2,1H3,(H2,22,23). The molecule has 8 heteroatoms. The first kappa shape index (κ1) is 19.7. The van der Waals surface area contributed by atoms with Crippen LogP contribution < -0.4 is 10.5 Å². The summed E-state index contributed by atoms with van der Waals surface area (Å²) in [5.41, 5.74) is 6.66. The average Bonchev–Trinajstić information content (AvgIpc) is 2.72. The van der Waals surface area contributed by atoms with Gasteiger partial charge in [-0.2, -0.15) is 0 Å². The van der Waals surface area contributed by atoms with Crippen LogP contribution in [-0.4, -0.2) is 46.8 Å². The fraction of sp³-hybridized carbons (Fsp3) is 0.400. The van der Waals surface area contributed by atoms with Gasteiger partial charge in [-0.25, -0.2) is 14.4 Å². The summed E-state index contributed by atoms with van der Waals surface area (Å²) in [7, 11) is 0. The smallest absolute Gasteiger partial charge is 0.316 e. The van der Waals surface area contributed by atoms with Gasteiger partial charge < -0.3 is 15.4 Å². The number of nitrogens with two attached hydrogens (primary N) is 1. The molecule has 1 saturated heterocycles. The number of nitrogens with zero attached hydrogens (tertiary/aromatic N) is 4. The first-order chi connectivity index (χ1) is 13.6. The van der Waals surface area contributed by atoms with Crippen molar-refractivity contribution in [1.29, 1.82) is 0 Å². The lowest BCUT2D eigenvalue weighted by Crippen LogP contribution is -2.38.